The number of rotatable bonds is 6. The van der Waals surface area contributed by atoms with E-state index in [1.54, 1.807) is 50.2 Å². The Balaban J connectivity index is 1.85. The molecular formula is C23H20N2O6S2. The first-order chi connectivity index (χ1) is 15.9. The number of aliphatic hydroxyl groups is 1. The van der Waals surface area contributed by atoms with Crippen molar-refractivity contribution < 1.29 is 29.0 Å². The van der Waals surface area contributed by atoms with Gasteiger partial charge in [0, 0.05) is 10.4 Å². The fraction of sp³-hybridized carbons (Fsp3) is 0.217. The third-order valence-corrected chi connectivity index (χ3v) is 7.13. The number of methoxy groups -OCH3 is 1. The molecule has 1 atom stereocenters. The van der Waals surface area contributed by atoms with E-state index in [1.807, 2.05) is 5.38 Å². The van der Waals surface area contributed by atoms with Gasteiger partial charge in [0.25, 0.3) is 5.78 Å². The van der Waals surface area contributed by atoms with Crippen LogP contribution in [0.4, 0.5) is 5.13 Å². The summed E-state index contributed by atoms with van der Waals surface area (Å²) < 4.78 is 10.2. The van der Waals surface area contributed by atoms with Crippen LogP contribution in [0.1, 0.15) is 38.8 Å². The standard InChI is InChI=1S/C23H20N2O6S2/c1-4-31-22(29)20-12(2)24-23(33-20)25-17(15-6-5-11-32-15)16(19(27)21(25)28)18(26)13-7-9-14(30-3)10-8-13/h5-11,17,26H,4H2,1-3H3/b18-16+/t17-/m1/s1. The molecule has 0 spiro atoms. The summed E-state index contributed by atoms with van der Waals surface area (Å²) in [4.78, 5) is 45.1. The summed E-state index contributed by atoms with van der Waals surface area (Å²) in [5.41, 5.74) is 0.728. The van der Waals surface area contributed by atoms with Crippen molar-refractivity contribution in [3.63, 3.8) is 0 Å². The van der Waals surface area contributed by atoms with E-state index in [4.69, 9.17) is 9.47 Å². The highest BCUT2D eigenvalue weighted by Gasteiger charge is 2.48. The number of hydrogen-bond donors (Lipinski definition) is 1. The Morgan fingerprint density at radius 1 is 1.21 bits per heavy atom. The van der Waals surface area contributed by atoms with Crippen LogP contribution in [0.25, 0.3) is 5.76 Å². The largest absolute Gasteiger partial charge is 0.507 e. The number of thiophene rings is 1. The molecule has 4 rings (SSSR count). The second-order valence-corrected chi connectivity index (χ2v) is 9.00. The highest BCUT2D eigenvalue weighted by Crippen LogP contribution is 2.45. The Labute approximate surface area is 197 Å². The number of nitrogens with zero attached hydrogens (tertiary/aromatic N) is 2. The number of aliphatic hydroxyl groups excluding tert-OH is 1. The lowest BCUT2D eigenvalue weighted by Crippen LogP contribution is -2.29. The third kappa shape index (κ3) is 4.03. The van der Waals surface area contributed by atoms with E-state index in [0.717, 1.165) is 11.3 Å². The number of Topliss-reactive ketones (excluding diaryl/α,β-unsaturated/α-hetero) is 1. The molecule has 3 aromatic rings. The van der Waals surface area contributed by atoms with Crippen LogP contribution in [0, 0.1) is 6.92 Å². The Morgan fingerprint density at radius 3 is 2.55 bits per heavy atom. The minimum Gasteiger partial charge on any atom is -0.507 e. The molecule has 0 bridgehead atoms. The van der Waals surface area contributed by atoms with E-state index >= 15 is 0 Å². The number of ether oxygens (including phenoxy) is 2. The average Bonchev–Trinajstić information content (AvgIpc) is 3.53. The van der Waals surface area contributed by atoms with Gasteiger partial charge in [-0.1, -0.05) is 17.4 Å². The molecule has 1 aliphatic heterocycles. The molecule has 1 amide bonds. The average molecular weight is 485 g/mol. The smallest absolute Gasteiger partial charge is 0.350 e. The van der Waals surface area contributed by atoms with E-state index < -0.39 is 23.7 Å². The summed E-state index contributed by atoms with van der Waals surface area (Å²) in [6.07, 6.45) is 0. The number of aryl methyl sites for hydroxylation is 1. The highest BCUT2D eigenvalue weighted by molar-refractivity contribution is 7.18. The van der Waals surface area contributed by atoms with Crippen LogP contribution in [-0.4, -0.2) is 41.5 Å². The number of esters is 1. The molecule has 0 saturated carbocycles. The number of benzene rings is 1. The normalized spacial score (nSPS) is 17.4. The molecule has 10 heteroatoms. The first kappa shape index (κ1) is 22.7. The number of carbonyl (C=O) groups is 3. The van der Waals surface area contributed by atoms with Gasteiger partial charge < -0.3 is 14.6 Å². The number of hydrogen-bond acceptors (Lipinski definition) is 9. The summed E-state index contributed by atoms with van der Waals surface area (Å²) in [6.45, 7) is 3.54. The van der Waals surface area contributed by atoms with Crippen molar-refractivity contribution >= 4 is 51.2 Å². The van der Waals surface area contributed by atoms with Crippen molar-refractivity contribution in [1.82, 2.24) is 4.98 Å². The fourth-order valence-electron chi connectivity index (χ4n) is 3.52. The van der Waals surface area contributed by atoms with E-state index in [9.17, 15) is 19.5 Å². The van der Waals surface area contributed by atoms with Crippen molar-refractivity contribution in [2.45, 2.75) is 19.9 Å². The molecule has 1 N–H and O–H groups in total. The van der Waals surface area contributed by atoms with Gasteiger partial charge >= 0.3 is 11.9 Å². The van der Waals surface area contributed by atoms with Crippen LogP contribution in [-0.2, 0) is 14.3 Å². The van der Waals surface area contributed by atoms with E-state index in [2.05, 4.69) is 4.98 Å². The van der Waals surface area contributed by atoms with Crippen LogP contribution >= 0.6 is 22.7 Å². The Morgan fingerprint density at radius 2 is 1.94 bits per heavy atom. The quantitative estimate of drug-likeness (QED) is 0.240. The fourth-order valence-corrected chi connectivity index (χ4v) is 5.33. The number of amides is 1. The summed E-state index contributed by atoms with van der Waals surface area (Å²) in [6, 6.07) is 9.22. The lowest BCUT2D eigenvalue weighted by molar-refractivity contribution is -0.132. The number of carbonyl (C=O) groups excluding carboxylic acids is 3. The van der Waals surface area contributed by atoms with Gasteiger partial charge in [-0.15, -0.1) is 11.3 Å². The maximum absolute atomic E-state index is 13.1. The molecule has 3 heterocycles. The Kier molecular flexibility index (Phi) is 6.30. The Bertz CT molecular complexity index is 1240. The van der Waals surface area contributed by atoms with Gasteiger partial charge in [0.15, 0.2) is 5.13 Å². The zero-order valence-electron chi connectivity index (χ0n) is 18.0. The minimum absolute atomic E-state index is 0.0434. The van der Waals surface area contributed by atoms with Crippen molar-refractivity contribution in [1.29, 1.82) is 0 Å². The van der Waals surface area contributed by atoms with Crippen LogP contribution in [0.5, 0.6) is 5.75 Å². The van der Waals surface area contributed by atoms with Crippen molar-refractivity contribution in [2.24, 2.45) is 0 Å². The van der Waals surface area contributed by atoms with Gasteiger partial charge in [0.1, 0.15) is 22.4 Å². The first-order valence-electron chi connectivity index (χ1n) is 10.0. The van der Waals surface area contributed by atoms with Crippen LogP contribution in [0.2, 0.25) is 0 Å². The topological polar surface area (TPSA) is 106 Å². The monoisotopic (exact) mass is 484 g/mol. The predicted octanol–water partition coefficient (Wildman–Crippen LogP) is 4.32. The van der Waals surface area contributed by atoms with Crippen molar-refractivity contribution in [3.05, 3.63) is 68.4 Å². The molecule has 1 aromatic carbocycles. The second-order valence-electron chi connectivity index (χ2n) is 7.04. The van der Waals surface area contributed by atoms with Gasteiger partial charge in [0.05, 0.1) is 25.0 Å². The molecule has 170 valence electrons. The second kappa shape index (κ2) is 9.16. The summed E-state index contributed by atoms with van der Waals surface area (Å²) in [7, 11) is 1.53. The Hall–Kier alpha value is -3.50. The predicted molar refractivity (Wildman–Crippen MR) is 125 cm³/mol. The molecule has 33 heavy (non-hydrogen) atoms. The zero-order valence-corrected chi connectivity index (χ0v) is 19.7. The van der Waals surface area contributed by atoms with Crippen molar-refractivity contribution in [2.75, 3.05) is 18.6 Å². The van der Waals surface area contributed by atoms with Crippen molar-refractivity contribution in [3.8, 4) is 5.75 Å². The molecule has 0 unspecified atom stereocenters. The lowest BCUT2D eigenvalue weighted by atomic mass is 10.00. The molecule has 1 saturated heterocycles. The summed E-state index contributed by atoms with van der Waals surface area (Å²) in [5.74, 6) is -1.90. The number of thiazole rings is 1. The van der Waals surface area contributed by atoms with Gasteiger partial charge in [-0.25, -0.2) is 9.78 Å². The van der Waals surface area contributed by atoms with Gasteiger partial charge in [0.2, 0.25) is 0 Å². The molecule has 0 radical (unpaired) electrons. The maximum Gasteiger partial charge on any atom is 0.350 e. The molecule has 2 aromatic heterocycles. The number of ketones is 1. The van der Waals surface area contributed by atoms with Gasteiger partial charge in [-0.2, -0.15) is 0 Å². The molecular weight excluding hydrogens is 464 g/mol. The van der Waals surface area contributed by atoms with E-state index in [-0.39, 0.29) is 27.9 Å². The van der Waals surface area contributed by atoms with Gasteiger partial charge in [-0.05, 0) is 49.6 Å². The van der Waals surface area contributed by atoms with Crippen LogP contribution < -0.4 is 9.64 Å². The van der Waals surface area contributed by atoms with E-state index in [1.165, 1.54) is 23.3 Å². The zero-order chi connectivity index (χ0) is 23.7. The maximum atomic E-state index is 13.1. The lowest BCUT2D eigenvalue weighted by Gasteiger charge is -2.21. The first-order valence-corrected chi connectivity index (χ1v) is 11.7. The molecule has 0 aliphatic carbocycles. The molecule has 1 fully saturated rings. The SMILES string of the molecule is CCOC(=O)c1sc(N2C(=O)C(=O)/C(=C(/O)c3ccc(OC)cc3)[C@H]2c2cccs2)nc1C. The van der Waals surface area contributed by atoms with E-state index in [0.29, 0.717) is 21.9 Å². The third-order valence-electron chi connectivity index (χ3n) is 5.07. The van der Waals surface area contributed by atoms with Crippen LogP contribution in [0.15, 0.2) is 47.4 Å². The number of anilines is 1. The molecule has 8 nitrogen and oxygen atoms in total. The molecule has 1 aliphatic rings. The highest BCUT2D eigenvalue weighted by atomic mass is 32.1. The number of aromatic nitrogens is 1. The minimum atomic E-state index is -0.882. The summed E-state index contributed by atoms with van der Waals surface area (Å²) in [5, 5.41) is 13.1. The van der Waals surface area contributed by atoms with Crippen LogP contribution in [0.3, 0.4) is 0 Å². The van der Waals surface area contributed by atoms with Gasteiger partial charge in [-0.3, -0.25) is 14.5 Å². The summed E-state index contributed by atoms with van der Waals surface area (Å²) >= 11 is 2.32.